The molecule has 146 valence electrons. The lowest BCUT2D eigenvalue weighted by atomic mass is 9.92. The fourth-order valence-electron chi connectivity index (χ4n) is 3.79. The van der Waals surface area contributed by atoms with E-state index in [1.165, 1.54) is 6.07 Å². The van der Waals surface area contributed by atoms with E-state index in [4.69, 9.17) is 0 Å². The summed E-state index contributed by atoms with van der Waals surface area (Å²) in [5.41, 5.74) is 2.28. The third-order valence-electron chi connectivity index (χ3n) is 5.27. The van der Waals surface area contributed by atoms with Gasteiger partial charge in [0.05, 0.1) is 29.8 Å². The van der Waals surface area contributed by atoms with Crippen LogP contribution in [0, 0.1) is 5.82 Å². The van der Waals surface area contributed by atoms with Crippen molar-refractivity contribution in [3.63, 3.8) is 0 Å². The van der Waals surface area contributed by atoms with Gasteiger partial charge in [0.1, 0.15) is 11.3 Å². The van der Waals surface area contributed by atoms with Gasteiger partial charge in [-0.3, -0.25) is 9.78 Å². The fraction of sp³-hybridized carbons (Fsp3) is 0.333. The number of benzene rings is 1. The van der Waals surface area contributed by atoms with Gasteiger partial charge < -0.3 is 15.0 Å². The zero-order valence-electron chi connectivity index (χ0n) is 15.2. The molecule has 28 heavy (non-hydrogen) atoms. The minimum atomic E-state index is -0.519. The zero-order chi connectivity index (χ0) is 19.7. The number of aliphatic hydroxyl groups is 1. The second kappa shape index (κ2) is 8.01. The number of nitrogens with one attached hydrogen (secondary N) is 1. The second-order valence-electron chi connectivity index (χ2n) is 7.21. The van der Waals surface area contributed by atoms with E-state index in [2.05, 4.69) is 26.2 Å². The number of aromatic nitrogens is 2. The first-order valence-corrected chi connectivity index (χ1v) is 10.2. The van der Waals surface area contributed by atoms with Gasteiger partial charge in [-0.1, -0.05) is 28.8 Å². The molecule has 3 aromatic rings. The molecule has 0 radical (unpaired) electrons. The van der Waals surface area contributed by atoms with Crippen molar-refractivity contribution < 1.29 is 14.3 Å². The Hall–Kier alpha value is -2.25. The SMILES string of the molecule is O=C(NC1CCCC[C@@H]1O)c1cn(Cc2cc(Br)ccc2F)c2cccnc12. The first kappa shape index (κ1) is 19.1. The molecule has 1 fully saturated rings. The molecule has 2 aromatic heterocycles. The average Bonchev–Trinajstić information content (AvgIpc) is 3.05. The molecule has 1 aliphatic rings. The zero-order valence-corrected chi connectivity index (χ0v) is 16.8. The summed E-state index contributed by atoms with van der Waals surface area (Å²) in [6.45, 7) is 0.285. The van der Waals surface area contributed by atoms with Gasteiger partial charge in [0.2, 0.25) is 0 Å². The van der Waals surface area contributed by atoms with Crippen LogP contribution in [0.4, 0.5) is 4.39 Å². The second-order valence-corrected chi connectivity index (χ2v) is 8.12. The van der Waals surface area contributed by atoms with Crippen LogP contribution in [-0.2, 0) is 6.54 Å². The largest absolute Gasteiger partial charge is 0.391 e. The van der Waals surface area contributed by atoms with E-state index in [1.54, 1.807) is 30.6 Å². The molecule has 1 saturated carbocycles. The Morgan fingerprint density at radius 2 is 2.14 bits per heavy atom. The minimum Gasteiger partial charge on any atom is -0.391 e. The van der Waals surface area contributed by atoms with Gasteiger partial charge in [-0.2, -0.15) is 0 Å². The Balaban J connectivity index is 1.66. The average molecular weight is 446 g/mol. The third kappa shape index (κ3) is 3.82. The first-order valence-electron chi connectivity index (χ1n) is 9.39. The number of fused-ring (bicyclic) bond motifs is 1. The minimum absolute atomic E-state index is 0.245. The maximum absolute atomic E-state index is 14.2. The van der Waals surface area contributed by atoms with Crippen LogP contribution in [0.5, 0.6) is 0 Å². The summed E-state index contributed by atoms with van der Waals surface area (Å²) >= 11 is 3.37. The number of pyridine rings is 1. The molecule has 1 aromatic carbocycles. The molecule has 5 nitrogen and oxygen atoms in total. The first-order chi connectivity index (χ1) is 13.5. The van der Waals surface area contributed by atoms with Crippen LogP contribution in [-0.4, -0.2) is 32.7 Å². The highest BCUT2D eigenvalue weighted by Gasteiger charge is 2.26. The molecular weight excluding hydrogens is 425 g/mol. The molecule has 1 aliphatic carbocycles. The molecule has 7 heteroatoms. The van der Waals surface area contributed by atoms with Gasteiger partial charge in [0, 0.05) is 22.4 Å². The van der Waals surface area contributed by atoms with Crippen molar-refractivity contribution in [2.24, 2.45) is 0 Å². The predicted octanol–water partition coefficient (Wildman–Crippen LogP) is 4.02. The lowest BCUT2D eigenvalue weighted by Gasteiger charge is -2.28. The molecule has 0 spiro atoms. The van der Waals surface area contributed by atoms with Gasteiger partial charge in [0.15, 0.2) is 0 Å². The number of aliphatic hydroxyl groups excluding tert-OH is 1. The lowest BCUT2D eigenvalue weighted by Crippen LogP contribution is -2.45. The quantitative estimate of drug-likeness (QED) is 0.637. The number of nitrogens with zero attached hydrogens (tertiary/aromatic N) is 2. The number of hydrogen-bond acceptors (Lipinski definition) is 3. The number of carbonyl (C=O) groups excluding carboxylic acids is 1. The highest BCUT2D eigenvalue weighted by atomic mass is 79.9. The van der Waals surface area contributed by atoms with Gasteiger partial charge >= 0.3 is 0 Å². The van der Waals surface area contributed by atoms with Crippen LogP contribution < -0.4 is 5.32 Å². The van der Waals surface area contributed by atoms with E-state index in [0.717, 1.165) is 29.3 Å². The Labute approximate surface area is 170 Å². The van der Waals surface area contributed by atoms with Crippen molar-refractivity contribution in [3.8, 4) is 0 Å². The van der Waals surface area contributed by atoms with Gasteiger partial charge in [-0.15, -0.1) is 0 Å². The third-order valence-corrected chi connectivity index (χ3v) is 5.77. The highest BCUT2D eigenvalue weighted by Crippen LogP contribution is 2.24. The smallest absolute Gasteiger partial charge is 0.255 e. The molecule has 0 aliphatic heterocycles. The molecule has 2 heterocycles. The van der Waals surface area contributed by atoms with Crippen molar-refractivity contribution in [1.29, 1.82) is 0 Å². The number of amides is 1. The number of halogens is 2. The number of carbonyl (C=O) groups is 1. The van der Waals surface area contributed by atoms with Crippen LogP contribution in [0.3, 0.4) is 0 Å². The van der Waals surface area contributed by atoms with E-state index < -0.39 is 6.10 Å². The number of hydrogen-bond donors (Lipinski definition) is 2. The van der Waals surface area contributed by atoms with Crippen molar-refractivity contribution in [2.45, 2.75) is 44.4 Å². The molecule has 1 amide bonds. The Bertz CT molecular complexity index is 1020. The summed E-state index contributed by atoms with van der Waals surface area (Å²) < 4.78 is 16.8. The van der Waals surface area contributed by atoms with Gasteiger partial charge in [0.25, 0.3) is 5.91 Å². The summed E-state index contributed by atoms with van der Waals surface area (Å²) in [6, 6.07) is 8.22. The van der Waals surface area contributed by atoms with Crippen LogP contribution in [0.1, 0.15) is 41.6 Å². The Kier molecular flexibility index (Phi) is 5.46. The maximum atomic E-state index is 14.2. The van der Waals surface area contributed by atoms with Crippen molar-refractivity contribution in [1.82, 2.24) is 14.9 Å². The van der Waals surface area contributed by atoms with E-state index in [1.807, 2.05) is 10.6 Å². The van der Waals surface area contributed by atoms with Crippen molar-refractivity contribution in [3.05, 3.63) is 64.1 Å². The fourth-order valence-corrected chi connectivity index (χ4v) is 4.20. The summed E-state index contributed by atoms with van der Waals surface area (Å²) in [5, 5.41) is 13.1. The lowest BCUT2D eigenvalue weighted by molar-refractivity contribution is 0.0718. The Morgan fingerprint density at radius 3 is 2.96 bits per heavy atom. The Morgan fingerprint density at radius 1 is 1.32 bits per heavy atom. The van der Waals surface area contributed by atoms with Crippen LogP contribution >= 0.6 is 15.9 Å². The van der Waals surface area contributed by atoms with Gasteiger partial charge in [-0.05, 0) is 43.2 Å². The van der Waals surface area contributed by atoms with E-state index in [9.17, 15) is 14.3 Å². The summed E-state index contributed by atoms with van der Waals surface area (Å²) in [4.78, 5) is 17.3. The molecule has 4 rings (SSSR count). The van der Waals surface area contributed by atoms with E-state index in [-0.39, 0.29) is 24.3 Å². The molecular formula is C21H21BrFN3O2. The molecule has 0 bridgehead atoms. The molecule has 2 N–H and O–H groups in total. The van der Waals surface area contributed by atoms with Gasteiger partial charge in [-0.25, -0.2) is 4.39 Å². The van der Waals surface area contributed by atoms with Crippen LogP contribution in [0.25, 0.3) is 11.0 Å². The molecule has 2 atom stereocenters. The standard InChI is InChI=1S/C21H21BrFN3O2/c22-14-7-8-16(23)13(10-14)11-26-12-15(20-18(26)5-3-9-24-20)21(28)25-17-4-1-2-6-19(17)27/h3,5,7-10,12,17,19,27H,1-2,4,6,11H2,(H,25,28)/t17?,19-/m0/s1. The van der Waals surface area contributed by atoms with E-state index in [0.29, 0.717) is 23.1 Å². The predicted molar refractivity (Wildman–Crippen MR) is 109 cm³/mol. The summed E-state index contributed by atoms with van der Waals surface area (Å²) in [7, 11) is 0. The van der Waals surface area contributed by atoms with E-state index >= 15 is 0 Å². The summed E-state index contributed by atoms with van der Waals surface area (Å²) in [6.07, 6.45) is 6.27. The maximum Gasteiger partial charge on any atom is 0.255 e. The van der Waals surface area contributed by atoms with Crippen LogP contribution in [0.2, 0.25) is 0 Å². The number of rotatable bonds is 4. The topological polar surface area (TPSA) is 67.2 Å². The highest BCUT2D eigenvalue weighted by molar-refractivity contribution is 9.10. The van der Waals surface area contributed by atoms with Crippen molar-refractivity contribution in [2.75, 3.05) is 0 Å². The summed E-state index contributed by atoms with van der Waals surface area (Å²) in [5.74, 6) is -0.562. The monoisotopic (exact) mass is 445 g/mol. The molecule has 1 unspecified atom stereocenters. The normalized spacial score (nSPS) is 19.7. The van der Waals surface area contributed by atoms with Crippen LogP contribution in [0.15, 0.2) is 47.2 Å². The van der Waals surface area contributed by atoms with Crippen molar-refractivity contribution >= 4 is 32.9 Å². The molecule has 0 saturated heterocycles.